The summed E-state index contributed by atoms with van der Waals surface area (Å²) in [7, 11) is 0. The zero-order chi connectivity index (χ0) is 35.7. The molecule has 3 aromatic rings. The summed E-state index contributed by atoms with van der Waals surface area (Å²) >= 11 is 0. The number of oxime groups is 1. The van der Waals surface area contributed by atoms with Crippen molar-refractivity contribution in [2.75, 3.05) is 6.61 Å². The maximum atomic E-state index is 11.9. The van der Waals surface area contributed by atoms with Crippen molar-refractivity contribution >= 4 is 23.6 Å². The van der Waals surface area contributed by atoms with E-state index < -0.39 is 24.0 Å². The molecule has 0 aromatic heterocycles. The Morgan fingerprint density at radius 3 is 1.37 bits per heavy atom. The number of aromatic carboxylic acids is 2. The van der Waals surface area contributed by atoms with Crippen LogP contribution >= 0.6 is 0 Å². The van der Waals surface area contributed by atoms with Gasteiger partial charge in [0, 0.05) is 0 Å². The standard InChI is InChI=1S/C16H20N2O4.2C8H8O2.2C2H6/c1-4-14(22-12(3)15(9-17)18-20)10-21-16(19)13-7-5-11(2)6-8-13;2*1-6-2-4-7(5-3-6)8(9)10;2*1-2/h5-8,12,14,20H,4,10H2,1-3H3;2*2-5H,1H3,(H,9,10);2*1-2H3/b18-15+;;;;/t12-,14-;;;;/m0..../s1. The summed E-state index contributed by atoms with van der Waals surface area (Å²) in [6.45, 7) is 17.3. The maximum absolute atomic E-state index is 11.9. The molecule has 0 aliphatic rings. The van der Waals surface area contributed by atoms with Crippen LogP contribution in [0.4, 0.5) is 0 Å². The Kier molecular flexibility index (Phi) is 23.7. The molecule has 10 heteroatoms. The molecule has 0 aliphatic heterocycles. The first kappa shape index (κ1) is 43.1. The monoisotopic (exact) mass is 636 g/mol. The van der Waals surface area contributed by atoms with E-state index >= 15 is 0 Å². The fraction of sp³-hybridized carbons (Fsp3) is 0.361. The van der Waals surface area contributed by atoms with Crippen LogP contribution in [0.5, 0.6) is 0 Å². The number of aryl methyl sites for hydroxylation is 3. The summed E-state index contributed by atoms with van der Waals surface area (Å²) in [5.74, 6) is -2.17. The van der Waals surface area contributed by atoms with Crippen molar-refractivity contribution in [3.05, 3.63) is 106 Å². The zero-order valence-corrected chi connectivity index (χ0v) is 28.3. The predicted molar refractivity (Wildman–Crippen MR) is 180 cm³/mol. The molecule has 0 bridgehead atoms. The highest BCUT2D eigenvalue weighted by Crippen LogP contribution is 2.09. The number of nitriles is 1. The molecule has 0 unspecified atom stereocenters. The second-order valence-electron chi connectivity index (χ2n) is 9.21. The van der Waals surface area contributed by atoms with E-state index in [-0.39, 0.29) is 18.4 Å². The number of benzene rings is 3. The van der Waals surface area contributed by atoms with Crippen molar-refractivity contribution in [3.8, 4) is 6.07 Å². The Bertz CT molecular complexity index is 1310. The van der Waals surface area contributed by atoms with Crippen LogP contribution in [0.2, 0.25) is 0 Å². The molecule has 0 saturated carbocycles. The molecule has 2 atom stereocenters. The lowest BCUT2D eigenvalue weighted by Crippen LogP contribution is -2.30. The minimum Gasteiger partial charge on any atom is -0.478 e. The minimum absolute atomic E-state index is 0.0671. The van der Waals surface area contributed by atoms with Gasteiger partial charge in [0.05, 0.1) is 22.8 Å². The molecule has 10 nitrogen and oxygen atoms in total. The molecular weight excluding hydrogens is 588 g/mol. The molecule has 3 N–H and O–H groups in total. The van der Waals surface area contributed by atoms with Crippen LogP contribution in [0.1, 0.15) is 95.7 Å². The first-order chi connectivity index (χ1) is 21.9. The fourth-order valence-electron chi connectivity index (χ4n) is 3.13. The molecule has 0 fully saturated rings. The summed E-state index contributed by atoms with van der Waals surface area (Å²) in [6.07, 6.45) is -0.456. The largest absolute Gasteiger partial charge is 0.478 e. The molecule has 0 radical (unpaired) electrons. The van der Waals surface area contributed by atoms with Gasteiger partial charge in [-0.15, -0.1) is 0 Å². The summed E-state index contributed by atoms with van der Waals surface area (Å²) in [5, 5.41) is 37.3. The van der Waals surface area contributed by atoms with Gasteiger partial charge in [0.2, 0.25) is 0 Å². The quantitative estimate of drug-likeness (QED) is 0.0909. The van der Waals surface area contributed by atoms with E-state index in [9.17, 15) is 14.4 Å². The predicted octanol–water partition coefficient (Wildman–Crippen LogP) is 8.13. The molecular formula is C36H48N2O8. The smallest absolute Gasteiger partial charge is 0.338 e. The van der Waals surface area contributed by atoms with Crippen LogP contribution in [-0.4, -0.2) is 57.9 Å². The number of hydrogen-bond acceptors (Lipinski definition) is 8. The van der Waals surface area contributed by atoms with Crippen molar-refractivity contribution in [1.82, 2.24) is 0 Å². The van der Waals surface area contributed by atoms with E-state index in [0.29, 0.717) is 23.1 Å². The third-order valence-electron chi connectivity index (χ3n) is 5.74. The second kappa shape index (κ2) is 25.3. The van der Waals surface area contributed by atoms with E-state index in [1.165, 1.54) is 0 Å². The Morgan fingerprint density at radius 1 is 0.739 bits per heavy atom. The number of carbonyl (C=O) groups excluding carboxylic acids is 1. The topological polar surface area (TPSA) is 167 Å². The highest BCUT2D eigenvalue weighted by Gasteiger charge is 2.19. The number of rotatable bonds is 9. The Balaban J connectivity index is 0. The fourth-order valence-corrected chi connectivity index (χ4v) is 3.13. The number of carboxylic acids is 2. The van der Waals surface area contributed by atoms with E-state index in [0.717, 1.165) is 16.7 Å². The van der Waals surface area contributed by atoms with Crippen molar-refractivity contribution in [2.45, 2.75) is 80.9 Å². The molecule has 0 amide bonds. The van der Waals surface area contributed by atoms with Crippen LogP contribution in [0.15, 0.2) is 78.0 Å². The van der Waals surface area contributed by atoms with Crippen LogP contribution in [0.25, 0.3) is 0 Å². The lowest BCUT2D eigenvalue weighted by atomic mass is 10.1. The van der Waals surface area contributed by atoms with Crippen molar-refractivity contribution in [2.24, 2.45) is 5.16 Å². The van der Waals surface area contributed by atoms with Gasteiger partial charge in [-0.2, -0.15) is 5.26 Å². The number of carboxylic acid groups (broad SMARTS) is 2. The minimum atomic E-state index is -0.875. The van der Waals surface area contributed by atoms with Gasteiger partial charge in [-0.3, -0.25) is 0 Å². The summed E-state index contributed by atoms with van der Waals surface area (Å²) in [6, 6.07) is 22.3. The molecule has 0 saturated heterocycles. The third kappa shape index (κ3) is 18.0. The average molecular weight is 637 g/mol. The van der Waals surface area contributed by atoms with Gasteiger partial charge < -0.3 is 24.9 Å². The number of ether oxygens (including phenoxy) is 2. The van der Waals surface area contributed by atoms with Crippen LogP contribution in [0, 0.1) is 32.1 Å². The lowest BCUT2D eigenvalue weighted by Gasteiger charge is -2.19. The van der Waals surface area contributed by atoms with Crippen molar-refractivity contribution < 1.29 is 39.3 Å². The number of nitrogens with zero attached hydrogens (tertiary/aromatic N) is 2. The third-order valence-corrected chi connectivity index (χ3v) is 5.74. The highest BCUT2D eigenvalue weighted by atomic mass is 16.6. The SMILES string of the molecule is CC.CC.CC[C@@H](COC(=O)c1ccc(C)cc1)O[C@@H](C)/C(C#N)=N/O.Cc1ccc(C(=O)O)cc1.Cc1ccc(C(=O)O)cc1. The normalized spacial score (nSPS) is 11.0. The molecule has 0 aliphatic carbocycles. The Morgan fingerprint density at radius 2 is 1.09 bits per heavy atom. The van der Waals surface area contributed by atoms with E-state index in [4.69, 9.17) is 30.2 Å². The zero-order valence-electron chi connectivity index (χ0n) is 28.3. The van der Waals surface area contributed by atoms with E-state index in [1.807, 2.05) is 67.5 Å². The van der Waals surface area contributed by atoms with Crippen LogP contribution in [-0.2, 0) is 9.47 Å². The van der Waals surface area contributed by atoms with Gasteiger partial charge in [-0.25, -0.2) is 14.4 Å². The van der Waals surface area contributed by atoms with Gasteiger partial charge in [-0.05, 0) is 70.5 Å². The van der Waals surface area contributed by atoms with Crippen LogP contribution in [0.3, 0.4) is 0 Å². The van der Waals surface area contributed by atoms with Gasteiger partial charge >= 0.3 is 17.9 Å². The summed E-state index contributed by atoms with van der Waals surface area (Å²) in [4.78, 5) is 32.5. The molecule has 46 heavy (non-hydrogen) atoms. The lowest BCUT2D eigenvalue weighted by molar-refractivity contribution is -0.0210. The molecule has 250 valence electrons. The molecule has 3 rings (SSSR count). The average Bonchev–Trinajstić information content (AvgIpc) is 3.06. The maximum Gasteiger partial charge on any atom is 0.338 e. The second-order valence-corrected chi connectivity index (χ2v) is 9.21. The van der Waals surface area contributed by atoms with Crippen molar-refractivity contribution in [1.29, 1.82) is 5.26 Å². The summed E-state index contributed by atoms with van der Waals surface area (Å²) < 4.78 is 10.8. The van der Waals surface area contributed by atoms with E-state index in [2.05, 4.69) is 5.16 Å². The molecule has 0 spiro atoms. The van der Waals surface area contributed by atoms with Gasteiger partial charge in [-0.1, -0.05) is 92.9 Å². The summed E-state index contributed by atoms with van der Waals surface area (Å²) in [5.41, 5.74) is 4.24. The van der Waals surface area contributed by atoms with Gasteiger partial charge in [0.1, 0.15) is 18.8 Å². The first-order valence-corrected chi connectivity index (χ1v) is 15.0. The molecule has 0 heterocycles. The van der Waals surface area contributed by atoms with E-state index in [1.54, 1.807) is 73.7 Å². The van der Waals surface area contributed by atoms with Gasteiger partial charge in [0.25, 0.3) is 0 Å². The number of esters is 1. The molecule has 3 aromatic carbocycles. The first-order valence-electron chi connectivity index (χ1n) is 15.0. The van der Waals surface area contributed by atoms with Crippen molar-refractivity contribution in [3.63, 3.8) is 0 Å². The number of hydrogen-bond donors (Lipinski definition) is 3. The Labute approximate surface area is 272 Å². The number of carbonyl (C=O) groups is 3. The highest BCUT2D eigenvalue weighted by molar-refractivity contribution is 6.01. The van der Waals surface area contributed by atoms with Crippen LogP contribution < -0.4 is 0 Å². The Hall–Kier alpha value is -5.01. The van der Waals surface area contributed by atoms with Gasteiger partial charge in [0.15, 0.2) is 5.71 Å².